The fraction of sp³-hybridized carbons (Fsp3) is 0.160. The third-order valence-corrected chi connectivity index (χ3v) is 5.35. The average Bonchev–Trinajstić information content (AvgIpc) is 3.05. The molecule has 4 amide bonds. The number of carbonyl (C=O) groups is 3. The Kier molecular flexibility index (Phi) is 6.35. The first-order chi connectivity index (χ1) is 16.0. The van der Waals surface area contributed by atoms with Gasteiger partial charge in [-0.2, -0.15) is 0 Å². The minimum absolute atomic E-state index is 0.0563. The van der Waals surface area contributed by atoms with E-state index in [0.29, 0.717) is 22.7 Å². The van der Waals surface area contributed by atoms with Crippen molar-refractivity contribution in [1.82, 2.24) is 4.90 Å². The predicted molar refractivity (Wildman–Crippen MR) is 121 cm³/mol. The van der Waals surface area contributed by atoms with Gasteiger partial charge in [-0.05, 0) is 54.1 Å². The van der Waals surface area contributed by atoms with Crippen LogP contribution in [0.2, 0.25) is 0 Å². The molecule has 1 fully saturated rings. The second-order valence-electron chi connectivity index (χ2n) is 7.54. The van der Waals surface area contributed by atoms with E-state index in [9.17, 15) is 18.8 Å². The van der Waals surface area contributed by atoms with Crippen molar-refractivity contribution in [2.75, 3.05) is 17.3 Å². The van der Waals surface area contributed by atoms with Crippen LogP contribution in [0, 0.1) is 5.82 Å². The molecule has 3 aromatic rings. The summed E-state index contributed by atoms with van der Waals surface area (Å²) in [5, 5.41) is 2.75. The van der Waals surface area contributed by atoms with Crippen LogP contribution in [-0.2, 0) is 16.1 Å². The smallest absolute Gasteiger partial charge is 0.332 e. The molecule has 168 valence electrons. The standard InChI is InChI=1S/C25H22FN3O4/c1-33-21-13-11-20(12-14-21)29-24(31)22(15-23(30)27-19-5-3-2-4-6-19)28(25(29)32)16-17-7-9-18(26)10-8-17/h2-14,22H,15-16H2,1H3,(H,27,30). The van der Waals surface area contributed by atoms with Crippen LogP contribution in [0.15, 0.2) is 78.9 Å². The number of methoxy groups -OCH3 is 1. The number of urea groups is 1. The van der Waals surface area contributed by atoms with Crippen molar-refractivity contribution in [1.29, 1.82) is 0 Å². The molecule has 0 aliphatic carbocycles. The van der Waals surface area contributed by atoms with Crippen molar-refractivity contribution >= 4 is 29.2 Å². The van der Waals surface area contributed by atoms with Crippen LogP contribution < -0.4 is 15.0 Å². The normalized spacial score (nSPS) is 15.6. The summed E-state index contributed by atoms with van der Waals surface area (Å²) in [5.41, 5.74) is 1.61. The molecule has 1 aliphatic heterocycles. The number of anilines is 2. The predicted octanol–water partition coefficient (Wildman–Crippen LogP) is 4.20. The van der Waals surface area contributed by atoms with Crippen LogP contribution in [0.5, 0.6) is 5.75 Å². The van der Waals surface area contributed by atoms with E-state index in [0.717, 1.165) is 4.90 Å². The molecule has 8 heteroatoms. The number of nitrogens with zero attached hydrogens (tertiary/aromatic N) is 2. The van der Waals surface area contributed by atoms with Crippen LogP contribution in [0.25, 0.3) is 0 Å². The quantitative estimate of drug-likeness (QED) is 0.551. The third-order valence-electron chi connectivity index (χ3n) is 5.35. The Morgan fingerprint density at radius 3 is 2.27 bits per heavy atom. The van der Waals surface area contributed by atoms with Crippen LogP contribution in [0.1, 0.15) is 12.0 Å². The van der Waals surface area contributed by atoms with Crippen molar-refractivity contribution in [2.45, 2.75) is 19.0 Å². The highest BCUT2D eigenvalue weighted by molar-refractivity contribution is 6.22. The minimum atomic E-state index is -1.01. The van der Waals surface area contributed by atoms with Gasteiger partial charge in [0.25, 0.3) is 5.91 Å². The van der Waals surface area contributed by atoms with Crippen molar-refractivity contribution < 1.29 is 23.5 Å². The van der Waals surface area contributed by atoms with Crippen LogP contribution in [0.4, 0.5) is 20.6 Å². The van der Waals surface area contributed by atoms with Gasteiger partial charge in [-0.3, -0.25) is 9.59 Å². The molecule has 0 saturated carbocycles. The van der Waals surface area contributed by atoms with E-state index in [1.54, 1.807) is 60.7 Å². The summed E-state index contributed by atoms with van der Waals surface area (Å²) >= 11 is 0. The fourth-order valence-corrected chi connectivity index (χ4v) is 3.68. The summed E-state index contributed by atoms with van der Waals surface area (Å²) in [6, 6.07) is 19.5. The van der Waals surface area contributed by atoms with Crippen molar-refractivity contribution in [3.05, 3.63) is 90.2 Å². The molecule has 4 rings (SSSR count). The van der Waals surface area contributed by atoms with Gasteiger partial charge < -0.3 is 15.0 Å². The summed E-state index contributed by atoms with van der Waals surface area (Å²) in [4.78, 5) is 41.7. The topological polar surface area (TPSA) is 79.0 Å². The summed E-state index contributed by atoms with van der Waals surface area (Å²) in [5.74, 6) is -0.718. The zero-order valence-electron chi connectivity index (χ0n) is 17.9. The molecule has 1 N–H and O–H groups in total. The van der Waals surface area contributed by atoms with Crippen molar-refractivity contribution in [3.63, 3.8) is 0 Å². The zero-order chi connectivity index (χ0) is 23.4. The number of imide groups is 1. The Balaban J connectivity index is 1.60. The zero-order valence-corrected chi connectivity index (χ0v) is 17.9. The Labute approximate surface area is 190 Å². The number of para-hydroxylation sites is 1. The maximum atomic E-state index is 13.3. The van der Waals surface area contributed by atoms with Gasteiger partial charge in [0.05, 0.1) is 19.2 Å². The van der Waals surface area contributed by atoms with E-state index in [1.807, 2.05) is 6.07 Å². The van der Waals surface area contributed by atoms with Crippen LogP contribution in [0.3, 0.4) is 0 Å². The minimum Gasteiger partial charge on any atom is -0.497 e. The van der Waals surface area contributed by atoms with E-state index >= 15 is 0 Å². The van der Waals surface area contributed by atoms with E-state index in [1.165, 1.54) is 24.1 Å². The number of halogens is 1. The first kappa shape index (κ1) is 22.0. The number of rotatable bonds is 7. The number of carbonyl (C=O) groups excluding carboxylic acids is 3. The monoisotopic (exact) mass is 447 g/mol. The Morgan fingerprint density at radius 1 is 0.970 bits per heavy atom. The molecular weight excluding hydrogens is 425 g/mol. The Bertz CT molecular complexity index is 1150. The highest BCUT2D eigenvalue weighted by atomic mass is 19.1. The second-order valence-corrected chi connectivity index (χ2v) is 7.54. The van der Waals surface area contributed by atoms with Gasteiger partial charge in [-0.25, -0.2) is 14.1 Å². The van der Waals surface area contributed by atoms with Gasteiger partial charge in [-0.1, -0.05) is 30.3 Å². The summed E-state index contributed by atoms with van der Waals surface area (Å²) in [6.07, 6.45) is -0.215. The van der Waals surface area contributed by atoms with Gasteiger partial charge in [-0.15, -0.1) is 0 Å². The maximum absolute atomic E-state index is 13.3. The molecule has 1 saturated heterocycles. The number of ether oxygens (including phenoxy) is 1. The van der Waals surface area contributed by atoms with Crippen LogP contribution in [-0.4, -0.2) is 35.9 Å². The van der Waals surface area contributed by atoms with Gasteiger partial charge in [0.15, 0.2) is 0 Å². The lowest BCUT2D eigenvalue weighted by atomic mass is 10.1. The Hall–Kier alpha value is -4.20. The number of amides is 4. The molecule has 1 aliphatic rings. The van der Waals surface area contributed by atoms with Crippen molar-refractivity contribution in [2.24, 2.45) is 0 Å². The average molecular weight is 447 g/mol. The molecule has 0 aromatic heterocycles. The highest BCUT2D eigenvalue weighted by Gasteiger charge is 2.46. The molecule has 1 heterocycles. The van der Waals surface area contributed by atoms with Gasteiger partial charge in [0, 0.05) is 12.2 Å². The highest BCUT2D eigenvalue weighted by Crippen LogP contribution is 2.30. The molecule has 0 spiro atoms. The lowest BCUT2D eigenvalue weighted by Gasteiger charge is -2.21. The van der Waals surface area contributed by atoms with Crippen LogP contribution >= 0.6 is 0 Å². The Morgan fingerprint density at radius 2 is 1.64 bits per heavy atom. The molecule has 1 atom stereocenters. The summed E-state index contributed by atoms with van der Waals surface area (Å²) in [7, 11) is 1.52. The fourth-order valence-electron chi connectivity index (χ4n) is 3.68. The first-order valence-corrected chi connectivity index (χ1v) is 10.3. The van der Waals surface area contributed by atoms with E-state index in [-0.39, 0.29) is 13.0 Å². The lowest BCUT2D eigenvalue weighted by molar-refractivity contribution is -0.124. The third kappa shape index (κ3) is 4.85. The lowest BCUT2D eigenvalue weighted by Crippen LogP contribution is -2.37. The van der Waals surface area contributed by atoms with E-state index in [2.05, 4.69) is 5.32 Å². The first-order valence-electron chi connectivity index (χ1n) is 10.3. The summed E-state index contributed by atoms with van der Waals surface area (Å²) < 4.78 is 18.5. The molecule has 7 nitrogen and oxygen atoms in total. The molecule has 0 bridgehead atoms. The number of nitrogens with one attached hydrogen (secondary N) is 1. The van der Waals surface area contributed by atoms with Crippen molar-refractivity contribution in [3.8, 4) is 5.75 Å². The largest absolute Gasteiger partial charge is 0.497 e. The maximum Gasteiger partial charge on any atom is 0.332 e. The summed E-state index contributed by atoms with van der Waals surface area (Å²) in [6.45, 7) is 0.0563. The molecule has 1 unspecified atom stereocenters. The molecule has 0 radical (unpaired) electrons. The molecular formula is C25H22FN3O4. The second kappa shape index (κ2) is 9.52. The number of hydrogen-bond acceptors (Lipinski definition) is 4. The number of hydrogen-bond donors (Lipinski definition) is 1. The van der Waals surface area contributed by atoms with Gasteiger partial charge >= 0.3 is 6.03 Å². The molecule has 3 aromatic carbocycles. The van der Waals surface area contributed by atoms with Gasteiger partial charge in [0.1, 0.15) is 17.6 Å². The SMILES string of the molecule is COc1ccc(N2C(=O)C(CC(=O)Nc3ccccc3)N(Cc3ccc(F)cc3)C2=O)cc1. The van der Waals surface area contributed by atoms with E-state index < -0.39 is 29.7 Å². The van der Waals surface area contributed by atoms with E-state index in [4.69, 9.17) is 4.74 Å². The van der Waals surface area contributed by atoms with Gasteiger partial charge in [0.2, 0.25) is 5.91 Å². The molecule has 33 heavy (non-hydrogen) atoms. The number of benzene rings is 3.